The van der Waals surface area contributed by atoms with Gasteiger partial charge < -0.3 is 10.1 Å². The van der Waals surface area contributed by atoms with Crippen molar-refractivity contribution in [3.63, 3.8) is 0 Å². The minimum Gasteiger partial charge on any atom is -0.460 e. The van der Waals surface area contributed by atoms with Crippen molar-refractivity contribution >= 4 is 11.9 Å². The molecular weight excluding hydrogens is 278 g/mol. The fourth-order valence-corrected chi connectivity index (χ4v) is 1.83. The van der Waals surface area contributed by atoms with Crippen LogP contribution in [-0.4, -0.2) is 24.0 Å². The van der Waals surface area contributed by atoms with Crippen LogP contribution in [0.1, 0.15) is 67.7 Å². The summed E-state index contributed by atoms with van der Waals surface area (Å²) in [7, 11) is 0. The smallest absolute Gasteiger partial charge is 0.303 e. The fourth-order valence-electron chi connectivity index (χ4n) is 1.83. The average Bonchev–Trinajstić information content (AvgIpc) is 2.39. The number of ether oxygens (including phenoxy) is 1. The van der Waals surface area contributed by atoms with E-state index in [1.807, 2.05) is 27.7 Å². The lowest BCUT2D eigenvalue weighted by molar-refractivity contribution is -0.151. The Kier molecular flexibility index (Phi) is 12.5. The number of terminal acetylenes is 1. The molecule has 0 bridgehead atoms. The molecule has 1 N–H and O–H groups in total. The van der Waals surface area contributed by atoms with E-state index in [-0.39, 0.29) is 23.4 Å². The molecule has 2 unspecified atom stereocenters. The molecule has 128 valence electrons. The molecule has 0 spiro atoms. The third-order valence-electron chi connectivity index (χ3n) is 3.06. The second kappa shape index (κ2) is 12.1. The number of hydrogen-bond donors (Lipinski definition) is 1. The van der Waals surface area contributed by atoms with Crippen LogP contribution in [-0.2, 0) is 14.3 Å². The van der Waals surface area contributed by atoms with Crippen molar-refractivity contribution in [2.75, 3.05) is 6.54 Å². The van der Waals surface area contributed by atoms with Crippen molar-refractivity contribution in [1.29, 1.82) is 0 Å². The first-order valence-electron chi connectivity index (χ1n) is 7.98. The van der Waals surface area contributed by atoms with Crippen molar-refractivity contribution in [3.05, 3.63) is 0 Å². The van der Waals surface area contributed by atoms with Gasteiger partial charge in [-0.25, -0.2) is 0 Å². The Morgan fingerprint density at radius 3 is 2.05 bits per heavy atom. The summed E-state index contributed by atoms with van der Waals surface area (Å²) in [6, 6.07) is 0. The average molecular weight is 311 g/mol. The maximum Gasteiger partial charge on any atom is 0.303 e. The van der Waals surface area contributed by atoms with E-state index in [0.717, 1.165) is 19.3 Å². The zero-order chi connectivity index (χ0) is 17.8. The molecule has 22 heavy (non-hydrogen) atoms. The van der Waals surface area contributed by atoms with Gasteiger partial charge in [-0.2, -0.15) is 0 Å². The van der Waals surface area contributed by atoms with Gasteiger partial charge in [0.15, 0.2) is 0 Å². The lowest BCUT2D eigenvalue weighted by atomic mass is 9.91. The summed E-state index contributed by atoms with van der Waals surface area (Å²) in [4.78, 5) is 21.8. The first-order chi connectivity index (χ1) is 10.1. The molecule has 4 heteroatoms. The predicted molar refractivity (Wildman–Crippen MR) is 91.2 cm³/mol. The molecule has 0 aromatic rings. The Bertz CT molecular complexity index is 364. The van der Waals surface area contributed by atoms with Gasteiger partial charge in [-0.15, -0.1) is 6.42 Å². The van der Waals surface area contributed by atoms with Gasteiger partial charge >= 0.3 is 5.97 Å². The molecule has 4 nitrogen and oxygen atoms in total. The Morgan fingerprint density at radius 1 is 1.23 bits per heavy atom. The largest absolute Gasteiger partial charge is 0.460 e. The van der Waals surface area contributed by atoms with Crippen molar-refractivity contribution in [2.24, 2.45) is 11.8 Å². The van der Waals surface area contributed by atoms with Gasteiger partial charge in [-0.1, -0.05) is 33.1 Å². The van der Waals surface area contributed by atoms with Crippen molar-refractivity contribution in [3.8, 4) is 12.3 Å². The molecule has 0 aromatic heterocycles. The molecular formula is C18H33NO3. The summed E-state index contributed by atoms with van der Waals surface area (Å²) < 4.78 is 4.80. The Labute approximate surface area is 136 Å². The quantitative estimate of drug-likeness (QED) is 0.603. The lowest BCUT2D eigenvalue weighted by Gasteiger charge is -2.17. The molecule has 0 aliphatic rings. The molecule has 0 saturated heterocycles. The van der Waals surface area contributed by atoms with Crippen molar-refractivity contribution < 1.29 is 14.3 Å². The van der Waals surface area contributed by atoms with Gasteiger partial charge in [0.25, 0.3) is 0 Å². The summed E-state index contributed by atoms with van der Waals surface area (Å²) in [5.41, 5.74) is -0.328. The first-order valence-corrected chi connectivity index (χ1v) is 7.98. The predicted octanol–water partition coefficient (Wildman–Crippen LogP) is 3.55. The van der Waals surface area contributed by atoms with Gasteiger partial charge in [0.05, 0.1) is 6.54 Å². The van der Waals surface area contributed by atoms with Gasteiger partial charge in [0.1, 0.15) is 5.60 Å². The minimum absolute atomic E-state index is 0.103. The molecule has 1 amide bonds. The van der Waals surface area contributed by atoms with Crippen LogP contribution < -0.4 is 5.32 Å². The van der Waals surface area contributed by atoms with Gasteiger partial charge in [-0.3, -0.25) is 9.59 Å². The molecule has 2 atom stereocenters. The molecule has 0 aliphatic carbocycles. The topological polar surface area (TPSA) is 55.4 Å². The summed E-state index contributed by atoms with van der Waals surface area (Å²) in [6.07, 6.45) is 8.06. The van der Waals surface area contributed by atoms with E-state index in [1.54, 1.807) is 0 Å². The number of carbonyl (C=O) groups is 2. The summed E-state index contributed by atoms with van der Waals surface area (Å²) in [6.45, 7) is 13.6. The Balaban J connectivity index is 0. The SMILES string of the molecule is C#CCNC(=O)C(CC)CC(C)CC.CC(=O)OC(C)(C)C. The second-order valence-corrected chi connectivity index (χ2v) is 6.48. The number of amides is 1. The zero-order valence-electron chi connectivity index (χ0n) is 15.3. The van der Waals surface area contributed by atoms with E-state index >= 15 is 0 Å². The molecule has 0 fully saturated rings. The van der Waals surface area contributed by atoms with Gasteiger partial charge in [0, 0.05) is 12.8 Å². The van der Waals surface area contributed by atoms with Crippen LogP contribution in [0, 0.1) is 24.2 Å². The van der Waals surface area contributed by atoms with Crippen LogP contribution in [0.4, 0.5) is 0 Å². The number of esters is 1. The zero-order valence-corrected chi connectivity index (χ0v) is 15.3. The maximum atomic E-state index is 11.6. The highest BCUT2D eigenvalue weighted by Gasteiger charge is 2.17. The van der Waals surface area contributed by atoms with Gasteiger partial charge in [0.2, 0.25) is 5.91 Å². The summed E-state index contributed by atoms with van der Waals surface area (Å²) in [5.74, 6) is 3.02. The normalized spacial score (nSPS) is 13.0. The van der Waals surface area contributed by atoms with Crippen LogP contribution >= 0.6 is 0 Å². The van der Waals surface area contributed by atoms with Crippen molar-refractivity contribution in [1.82, 2.24) is 5.32 Å². The van der Waals surface area contributed by atoms with Crippen molar-refractivity contribution in [2.45, 2.75) is 73.3 Å². The number of nitrogens with one attached hydrogen (secondary N) is 1. The Hall–Kier alpha value is -1.50. The number of rotatable bonds is 6. The third-order valence-corrected chi connectivity index (χ3v) is 3.06. The minimum atomic E-state index is -0.328. The highest BCUT2D eigenvalue weighted by atomic mass is 16.6. The van der Waals surface area contributed by atoms with Crippen LogP contribution in [0.3, 0.4) is 0 Å². The van der Waals surface area contributed by atoms with Crippen LogP contribution in [0.5, 0.6) is 0 Å². The van der Waals surface area contributed by atoms with Crippen LogP contribution in [0.2, 0.25) is 0 Å². The first kappa shape index (κ1) is 22.8. The molecule has 0 radical (unpaired) electrons. The summed E-state index contributed by atoms with van der Waals surface area (Å²) >= 11 is 0. The standard InChI is InChI=1S/C12H21NO.C6H12O2/c1-5-8-13-12(14)11(7-3)9-10(4)6-2;1-5(7)8-6(2,3)4/h1,10-11H,6-9H2,2-4H3,(H,13,14);1-4H3. The molecule has 0 rings (SSSR count). The van der Waals surface area contributed by atoms with Gasteiger partial charge in [-0.05, 0) is 39.5 Å². The van der Waals surface area contributed by atoms with E-state index in [0.29, 0.717) is 12.5 Å². The van der Waals surface area contributed by atoms with E-state index in [4.69, 9.17) is 11.2 Å². The van der Waals surface area contributed by atoms with E-state index in [9.17, 15) is 9.59 Å². The van der Waals surface area contributed by atoms with E-state index in [1.165, 1.54) is 6.92 Å². The lowest BCUT2D eigenvalue weighted by Crippen LogP contribution is -2.31. The monoisotopic (exact) mass is 311 g/mol. The molecule has 0 aromatic carbocycles. The Morgan fingerprint density at radius 2 is 1.77 bits per heavy atom. The van der Waals surface area contributed by atoms with E-state index in [2.05, 4.69) is 25.1 Å². The molecule has 0 heterocycles. The molecule has 0 aliphatic heterocycles. The highest BCUT2D eigenvalue weighted by Crippen LogP contribution is 2.17. The number of carbonyl (C=O) groups excluding carboxylic acids is 2. The van der Waals surface area contributed by atoms with E-state index < -0.39 is 0 Å². The highest BCUT2D eigenvalue weighted by molar-refractivity contribution is 5.78. The third kappa shape index (κ3) is 14.9. The van der Waals surface area contributed by atoms with Crippen LogP contribution in [0.15, 0.2) is 0 Å². The maximum absolute atomic E-state index is 11.6. The second-order valence-electron chi connectivity index (χ2n) is 6.48. The summed E-state index contributed by atoms with van der Waals surface area (Å²) in [5, 5.41) is 2.74. The number of hydrogen-bond acceptors (Lipinski definition) is 3. The van der Waals surface area contributed by atoms with Crippen LogP contribution in [0.25, 0.3) is 0 Å². The molecule has 0 saturated carbocycles. The fraction of sp³-hybridized carbons (Fsp3) is 0.778.